The molecule has 0 spiro atoms. The predicted molar refractivity (Wildman–Crippen MR) is 53.5 cm³/mol. The van der Waals surface area contributed by atoms with Crippen molar-refractivity contribution in [3.05, 3.63) is 12.7 Å². The molecule has 0 aliphatic heterocycles. The van der Waals surface area contributed by atoms with Crippen LogP contribution in [-0.2, 0) is 9.53 Å². The van der Waals surface area contributed by atoms with Crippen molar-refractivity contribution in [3.8, 4) is 0 Å². The molecule has 0 saturated carbocycles. The van der Waals surface area contributed by atoms with Crippen LogP contribution in [0.3, 0.4) is 0 Å². The van der Waals surface area contributed by atoms with Crippen LogP contribution in [0, 0.1) is 5.92 Å². The molecular formula is C10H19NO2. The zero-order valence-corrected chi connectivity index (χ0v) is 8.67. The number of methoxy groups -OCH3 is 1. The Morgan fingerprint density at radius 1 is 1.69 bits per heavy atom. The summed E-state index contributed by atoms with van der Waals surface area (Å²) in [5, 5.41) is 3.08. The van der Waals surface area contributed by atoms with Crippen LogP contribution in [0.1, 0.15) is 20.3 Å². The van der Waals surface area contributed by atoms with Crippen molar-refractivity contribution >= 4 is 5.97 Å². The summed E-state index contributed by atoms with van der Waals surface area (Å²) in [6.07, 6.45) is 2.68. The predicted octanol–water partition coefficient (Wildman–Crippen LogP) is 1.35. The van der Waals surface area contributed by atoms with E-state index in [1.807, 2.05) is 6.92 Å². The lowest BCUT2D eigenvalue weighted by Crippen LogP contribution is -2.42. The number of carbonyl (C=O) groups is 1. The van der Waals surface area contributed by atoms with Gasteiger partial charge >= 0.3 is 5.97 Å². The maximum absolute atomic E-state index is 11.3. The fourth-order valence-electron chi connectivity index (χ4n) is 1.09. The minimum atomic E-state index is -0.215. The van der Waals surface area contributed by atoms with E-state index in [1.165, 1.54) is 7.11 Å². The van der Waals surface area contributed by atoms with Gasteiger partial charge in [0, 0.05) is 6.54 Å². The zero-order valence-electron chi connectivity index (χ0n) is 8.67. The fourth-order valence-corrected chi connectivity index (χ4v) is 1.09. The van der Waals surface area contributed by atoms with Crippen molar-refractivity contribution in [1.82, 2.24) is 5.32 Å². The number of nitrogens with one attached hydrogen (secondary N) is 1. The van der Waals surface area contributed by atoms with Crippen LogP contribution >= 0.6 is 0 Å². The first-order valence-corrected chi connectivity index (χ1v) is 4.59. The van der Waals surface area contributed by atoms with Crippen LogP contribution in [0.2, 0.25) is 0 Å². The van der Waals surface area contributed by atoms with Crippen molar-refractivity contribution in [3.63, 3.8) is 0 Å². The second-order valence-electron chi connectivity index (χ2n) is 3.08. The van der Waals surface area contributed by atoms with Crippen LogP contribution in [0.5, 0.6) is 0 Å². The standard InChI is InChI=1S/C10H19NO2/c1-5-7-11-9(8(3)6-2)10(12)13-4/h5,8-9,11H,1,6-7H2,2-4H3. The Labute approximate surface area is 80.2 Å². The molecule has 0 aromatic heterocycles. The molecule has 1 N–H and O–H groups in total. The molecule has 0 aromatic rings. The van der Waals surface area contributed by atoms with E-state index < -0.39 is 0 Å². The number of ether oxygens (including phenoxy) is 1. The Morgan fingerprint density at radius 2 is 2.31 bits per heavy atom. The summed E-state index contributed by atoms with van der Waals surface area (Å²) in [5.74, 6) is 0.0867. The second kappa shape index (κ2) is 6.66. The molecule has 0 radical (unpaired) electrons. The molecule has 0 fully saturated rings. The van der Waals surface area contributed by atoms with Crippen LogP contribution < -0.4 is 5.32 Å². The van der Waals surface area contributed by atoms with E-state index in [0.29, 0.717) is 6.54 Å². The highest BCUT2D eigenvalue weighted by atomic mass is 16.5. The SMILES string of the molecule is C=CCNC(C(=O)OC)C(C)CC. The molecule has 0 aromatic carbocycles. The van der Waals surface area contributed by atoms with Gasteiger partial charge < -0.3 is 10.1 Å². The largest absolute Gasteiger partial charge is 0.468 e. The molecule has 3 heteroatoms. The van der Waals surface area contributed by atoms with E-state index in [-0.39, 0.29) is 17.9 Å². The van der Waals surface area contributed by atoms with Gasteiger partial charge in [-0.1, -0.05) is 26.3 Å². The maximum atomic E-state index is 11.3. The lowest BCUT2D eigenvalue weighted by molar-refractivity contribution is -0.144. The molecular weight excluding hydrogens is 166 g/mol. The van der Waals surface area contributed by atoms with Gasteiger partial charge in [0.25, 0.3) is 0 Å². The first kappa shape index (κ1) is 12.2. The summed E-state index contributed by atoms with van der Waals surface area (Å²) in [5.41, 5.74) is 0. The van der Waals surface area contributed by atoms with Crippen molar-refractivity contribution in [2.24, 2.45) is 5.92 Å². The molecule has 0 saturated heterocycles. The van der Waals surface area contributed by atoms with E-state index in [1.54, 1.807) is 6.08 Å². The summed E-state index contributed by atoms with van der Waals surface area (Å²) in [7, 11) is 1.41. The number of carbonyl (C=O) groups excluding carboxylic acids is 1. The number of esters is 1. The van der Waals surface area contributed by atoms with Gasteiger partial charge in [-0.15, -0.1) is 6.58 Å². The van der Waals surface area contributed by atoms with Crippen LogP contribution in [0.15, 0.2) is 12.7 Å². The van der Waals surface area contributed by atoms with Crippen molar-refractivity contribution in [2.45, 2.75) is 26.3 Å². The van der Waals surface area contributed by atoms with E-state index >= 15 is 0 Å². The molecule has 0 amide bonds. The third-order valence-electron chi connectivity index (χ3n) is 2.15. The highest BCUT2D eigenvalue weighted by Crippen LogP contribution is 2.08. The number of hydrogen-bond donors (Lipinski definition) is 1. The van der Waals surface area contributed by atoms with Gasteiger partial charge in [0.1, 0.15) is 6.04 Å². The van der Waals surface area contributed by atoms with Gasteiger partial charge in [-0.2, -0.15) is 0 Å². The molecule has 76 valence electrons. The smallest absolute Gasteiger partial charge is 0.323 e. The molecule has 2 atom stereocenters. The lowest BCUT2D eigenvalue weighted by atomic mass is 9.99. The Bertz CT molecular complexity index is 168. The second-order valence-corrected chi connectivity index (χ2v) is 3.08. The van der Waals surface area contributed by atoms with Crippen molar-refractivity contribution < 1.29 is 9.53 Å². The summed E-state index contributed by atoms with van der Waals surface area (Å²) in [6.45, 7) is 8.29. The summed E-state index contributed by atoms with van der Waals surface area (Å²) >= 11 is 0. The summed E-state index contributed by atoms with van der Waals surface area (Å²) < 4.78 is 4.70. The molecule has 0 aliphatic rings. The average molecular weight is 185 g/mol. The summed E-state index contributed by atoms with van der Waals surface area (Å²) in [4.78, 5) is 11.3. The third-order valence-corrected chi connectivity index (χ3v) is 2.15. The van der Waals surface area contributed by atoms with Crippen molar-refractivity contribution in [2.75, 3.05) is 13.7 Å². The minimum absolute atomic E-state index is 0.198. The van der Waals surface area contributed by atoms with E-state index in [2.05, 4.69) is 18.8 Å². The first-order valence-electron chi connectivity index (χ1n) is 4.59. The molecule has 0 aliphatic carbocycles. The molecule has 13 heavy (non-hydrogen) atoms. The fraction of sp³-hybridized carbons (Fsp3) is 0.700. The van der Waals surface area contributed by atoms with E-state index in [4.69, 9.17) is 4.74 Å². The Kier molecular flexibility index (Phi) is 6.24. The summed E-state index contributed by atoms with van der Waals surface area (Å²) in [6, 6.07) is -0.215. The lowest BCUT2D eigenvalue weighted by Gasteiger charge is -2.20. The topological polar surface area (TPSA) is 38.3 Å². The van der Waals surface area contributed by atoms with Gasteiger partial charge in [0.15, 0.2) is 0 Å². The monoisotopic (exact) mass is 185 g/mol. The van der Waals surface area contributed by atoms with Crippen LogP contribution in [0.4, 0.5) is 0 Å². The molecule has 0 bridgehead atoms. The van der Waals surface area contributed by atoms with Gasteiger partial charge in [0.05, 0.1) is 7.11 Å². The zero-order chi connectivity index (χ0) is 10.3. The Hall–Kier alpha value is -0.830. The van der Waals surface area contributed by atoms with Crippen molar-refractivity contribution in [1.29, 1.82) is 0 Å². The Balaban J connectivity index is 4.17. The van der Waals surface area contributed by atoms with E-state index in [9.17, 15) is 4.79 Å². The normalized spacial score (nSPS) is 14.7. The Morgan fingerprint density at radius 3 is 2.69 bits per heavy atom. The minimum Gasteiger partial charge on any atom is -0.468 e. The van der Waals surface area contributed by atoms with Crippen LogP contribution in [0.25, 0.3) is 0 Å². The third kappa shape index (κ3) is 4.08. The molecule has 2 unspecified atom stereocenters. The molecule has 0 rings (SSSR count). The average Bonchev–Trinajstić information content (AvgIpc) is 2.17. The van der Waals surface area contributed by atoms with Gasteiger partial charge in [0.2, 0.25) is 0 Å². The molecule has 3 nitrogen and oxygen atoms in total. The quantitative estimate of drug-likeness (QED) is 0.501. The van der Waals surface area contributed by atoms with Crippen LogP contribution in [-0.4, -0.2) is 25.7 Å². The number of rotatable bonds is 6. The maximum Gasteiger partial charge on any atom is 0.323 e. The van der Waals surface area contributed by atoms with Gasteiger partial charge in [-0.3, -0.25) is 4.79 Å². The first-order chi connectivity index (χ1) is 6.17. The highest BCUT2D eigenvalue weighted by molar-refractivity contribution is 5.75. The number of hydrogen-bond acceptors (Lipinski definition) is 3. The highest BCUT2D eigenvalue weighted by Gasteiger charge is 2.23. The molecule has 0 heterocycles. The van der Waals surface area contributed by atoms with E-state index in [0.717, 1.165) is 6.42 Å². The van der Waals surface area contributed by atoms with Gasteiger partial charge in [-0.05, 0) is 5.92 Å². The van der Waals surface area contributed by atoms with Gasteiger partial charge in [-0.25, -0.2) is 0 Å².